The zero-order valence-corrected chi connectivity index (χ0v) is 19.1. The minimum Gasteiger partial charge on any atom is -0.351 e. The van der Waals surface area contributed by atoms with Crippen molar-refractivity contribution in [3.05, 3.63) is 60.0 Å². The van der Waals surface area contributed by atoms with E-state index in [1.54, 1.807) is 24.3 Å². The first kappa shape index (κ1) is 22.1. The Balaban J connectivity index is 1.12. The first-order chi connectivity index (χ1) is 16.6. The third-order valence-corrected chi connectivity index (χ3v) is 6.91. The number of pyridine rings is 1. The molecule has 3 amide bonds. The molecule has 0 saturated carbocycles. The van der Waals surface area contributed by atoms with Gasteiger partial charge in [-0.3, -0.25) is 18.8 Å². The zero-order chi connectivity index (χ0) is 23.5. The van der Waals surface area contributed by atoms with Gasteiger partial charge in [0.25, 0.3) is 11.8 Å². The van der Waals surface area contributed by atoms with E-state index in [-0.39, 0.29) is 30.7 Å². The molecule has 11 heteroatoms. The number of likely N-dealkylation sites (tertiary alicyclic amines) is 1. The molecule has 0 bridgehead atoms. The number of fused-ring (bicyclic) bond motifs is 1. The van der Waals surface area contributed by atoms with E-state index in [0.717, 1.165) is 31.1 Å². The molecule has 3 aromatic rings. The number of hydrogen-bond acceptors (Lipinski definition) is 7. The second-order valence-corrected chi connectivity index (χ2v) is 9.26. The van der Waals surface area contributed by atoms with Gasteiger partial charge in [-0.1, -0.05) is 17.8 Å². The molecule has 1 aromatic carbocycles. The molecule has 0 unspecified atom stereocenters. The number of rotatable bonds is 6. The summed E-state index contributed by atoms with van der Waals surface area (Å²) in [5.74, 6) is -0.150. The number of carbonyl (C=O) groups excluding carboxylic acids is 3. The predicted molar refractivity (Wildman–Crippen MR) is 128 cm³/mol. The lowest BCUT2D eigenvalue weighted by molar-refractivity contribution is -0.121. The SMILES string of the molecule is O=C(C[C@@H]1SC(N2CCCC2)=NC1=O)Nc1ccc(C(=O)NCc2nnc3ccccn23)cc1. The molecule has 5 rings (SSSR count). The van der Waals surface area contributed by atoms with Crippen LogP contribution in [0.4, 0.5) is 5.69 Å². The summed E-state index contributed by atoms with van der Waals surface area (Å²) in [7, 11) is 0. The van der Waals surface area contributed by atoms with E-state index in [9.17, 15) is 14.4 Å². The number of nitrogens with zero attached hydrogens (tertiary/aromatic N) is 5. The smallest absolute Gasteiger partial charge is 0.262 e. The molecule has 0 aliphatic carbocycles. The quantitative estimate of drug-likeness (QED) is 0.558. The van der Waals surface area contributed by atoms with Crippen LogP contribution in [0.5, 0.6) is 0 Å². The normalized spacial score (nSPS) is 17.8. The van der Waals surface area contributed by atoms with E-state index in [4.69, 9.17) is 0 Å². The first-order valence-electron chi connectivity index (χ1n) is 11.1. The Hall–Kier alpha value is -3.73. The Kier molecular flexibility index (Phi) is 6.26. The average Bonchev–Trinajstić information content (AvgIpc) is 3.59. The molecule has 2 N–H and O–H groups in total. The summed E-state index contributed by atoms with van der Waals surface area (Å²) in [6.45, 7) is 2.05. The second kappa shape index (κ2) is 9.64. The van der Waals surface area contributed by atoms with Crippen LogP contribution in [0.15, 0.2) is 53.7 Å². The summed E-state index contributed by atoms with van der Waals surface area (Å²) >= 11 is 1.37. The summed E-state index contributed by atoms with van der Waals surface area (Å²) in [6, 6.07) is 12.2. The standard InChI is InChI=1S/C23H23N7O3S/c31-20(13-17-22(33)26-23(34-17)29-10-3-4-11-29)25-16-8-6-15(7-9-16)21(32)24-14-19-28-27-18-5-1-2-12-30(18)19/h1-2,5-9,12,17H,3-4,10-11,13-14H2,(H,24,32)(H,25,31)/t17-/m0/s1. The number of aromatic nitrogens is 3. The molecule has 2 aliphatic heterocycles. The van der Waals surface area contributed by atoms with E-state index in [0.29, 0.717) is 22.7 Å². The minimum atomic E-state index is -0.492. The fourth-order valence-corrected chi connectivity index (χ4v) is 5.03. The Labute approximate surface area is 199 Å². The van der Waals surface area contributed by atoms with Crippen molar-refractivity contribution in [1.82, 2.24) is 24.8 Å². The number of aliphatic imine (C=N–C) groups is 1. The highest BCUT2D eigenvalue weighted by molar-refractivity contribution is 8.15. The molecular formula is C23H23N7O3S. The molecule has 1 saturated heterocycles. The van der Waals surface area contributed by atoms with Gasteiger partial charge in [0, 0.05) is 37.0 Å². The van der Waals surface area contributed by atoms with Crippen molar-refractivity contribution < 1.29 is 14.4 Å². The van der Waals surface area contributed by atoms with Crippen LogP contribution in [0.1, 0.15) is 35.4 Å². The van der Waals surface area contributed by atoms with Crippen molar-refractivity contribution in [1.29, 1.82) is 0 Å². The van der Waals surface area contributed by atoms with E-state index >= 15 is 0 Å². The Morgan fingerprint density at radius 1 is 1.06 bits per heavy atom. The summed E-state index contributed by atoms with van der Waals surface area (Å²) in [6.07, 6.45) is 4.10. The lowest BCUT2D eigenvalue weighted by Crippen LogP contribution is -2.25. The van der Waals surface area contributed by atoms with Gasteiger partial charge >= 0.3 is 0 Å². The van der Waals surface area contributed by atoms with Crippen LogP contribution in [-0.4, -0.2) is 60.7 Å². The van der Waals surface area contributed by atoms with Gasteiger partial charge < -0.3 is 15.5 Å². The van der Waals surface area contributed by atoms with Gasteiger partial charge in [0.15, 0.2) is 16.6 Å². The molecular weight excluding hydrogens is 454 g/mol. The van der Waals surface area contributed by atoms with Crippen LogP contribution in [0.2, 0.25) is 0 Å². The zero-order valence-electron chi connectivity index (χ0n) is 18.3. The van der Waals surface area contributed by atoms with Gasteiger partial charge in [0.1, 0.15) is 5.25 Å². The maximum Gasteiger partial charge on any atom is 0.262 e. The Morgan fingerprint density at radius 2 is 1.85 bits per heavy atom. The summed E-state index contributed by atoms with van der Waals surface area (Å²) < 4.78 is 1.81. The number of carbonyl (C=O) groups is 3. The fourth-order valence-electron chi connectivity index (χ4n) is 3.91. The van der Waals surface area contributed by atoms with Gasteiger partial charge in [0.05, 0.1) is 6.54 Å². The summed E-state index contributed by atoms with van der Waals surface area (Å²) in [4.78, 5) is 43.4. The number of amides is 3. The van der Waals surface area contributed by atoms with Crippen LogP contribution in [0.3, 0.4) is 0 Å². The molecule has 4 heterocycles. The molecule has 1 atom stereocenters. The van der Waals surface area contributed by atoms with Crippen LogP contribution >= 0.6 is 11.8 Å². The van der Waals surface area contributed by atoms with Crippen LogP contribution in [0.25, 0.3) is 5.65 Å². The Bertz CT molecular complexity index is 1270. The maximum absolute atomic E-state index is 12.5. The molecule has 2 aromatic heterocycles. The Morgan fingerprint density at radius 3 is 2.65 bits per heavy atom. The average molecular weight is 478 g/mol. The van der Waals surface area contributed by atoms with Crippen molar-refractivity contribution in [2.45, 2.75) is 31.1 Å². The number of thioether (sulfide) groups is 1. The number of benzene rings is 1. The fraction of sp³-hybridized carbons (Fsp3) is 0.304. The molecule has 34 heavy (non-hydrogen) atoms. The van der Waals surface area contributed by atoms with Crippen molar-refractivity contribution in [2.75, 3.05) is 18.4 Å². The molecule has 2 aliphatic rings. The van der Waals surface area contributed by atoms with Gasteiger partial charge in [-0.05, 0) is 49.2 Å². The topological polar surface area (TPSA) is 121 Å². The molecule has 1 fully saturated rings. The number of nitrogens with one attached hydrogen (secondary N) is 2. The van der Waals surface area contributed by atoms with E-state index in [1.165, 1.54) is 11.8 Å². The van der Waals surface area contributed by atoms with E-state index in [1.807, 2.05) is 28.8 Å². The third kappa shape index (κ3) is 4.79. The molecule has 174 valence electrons. The van der Waals surface area contributed by atoms with Crippen molar-refractivity contribution in [2.24, 2.45) is 4.99 Å². The molecule has 0 spiro atoms. The monoisotopic (exact) mass is 477 g/mol. The minimum absolute atomic E-state index is 0.0544. The van der Waals surface area contributed by atoms with E-state index in [2.05, 4.69) is 30.7 Å². The summed E-state index contributed by atoms with van der Waals surface area (Å²) in [5.41, 5.74) is 1.72. The van der Waals surface area contributed by atoms with Crippen LogP contribution in [-0.2, 0) is 16.1 Å². The van der Waals surface area contributed by atoms with Gasteiger partial charge in [-0.15, -0.1) is 10.2 Å². The van der Waals surface area contributed by atoms with Crippen molar-refractivity contribution in [3.63, 3.8) is 0 Å². The van der Waals surface area contributed by atoms with Gasteiger partial charge in [-0.2, -0.15) is 4.99 Å². The predicted octanol–water partition coefficient (Wildman–Crippen LogP) is 2.08. The van der Waals surface area contributed by atoms with Crippen LogP contribution in [0, 0.1) is 0 Å². The highest BCUT2D eigenvalue weighted by atomic mass is 32.2. The highest BCUT2D eigenvalue weighted by Crippen LogP contribution is 2.29. The number of amidine groups is 1. The lowest BCUT2D eigenvalue weighted by atomic mass is 10.2. The second-order valence-electron chi connectivity index (χ2n) is 8.09. The summed E-state index contributed by atoms with van der Waals surface area (Å²) in [5, 5.41) is 14.0. The number of anilines is 1. The third-order valence-electron chi connectivity index (χ3n) is 5.70. The highest BCUT2D eigenvalue weighted by Gasteiger charge is 2.33. The van der Waals surface area contributed by atoms with Crippen LogP contribution < -0.4 is 10.6 Å². The van der Waals surface area contributed by atoms with Gasteiger partial charge in [0.2, 0.25) is 5.91 Å². The van der Waals surface area contributed by atoms with Gasteiger partial charge in [-0.25, -0.2) is 0 Å². The largest absolute Gasteiger partial charge is 0.351 e. The van der Waals surface area contributed by atoms with Crippen molar-refractivity contribution in [3.8, 4) is 0 Å². The maximum atomic E-state index is 12.5. The lowest BCUT2D eigenvalue weighted by Gasteiger charge is -2.16. The molecule has 0 radical (unpaired) electrons. The first-order valence-corrected chi connectivity index (χ1v) is 12.0. The number of hydrogen-bond donors (Lipinski definition) is 2. The van der Waals surface area contributed by atoms with E-state index < -0.39 is 5.25 Å². The molecule has 10 nitrogen and oxygen atoms in total. The van der Waals surface area contributed by atoms with Crippen molar-refractivity contribution >= 4 is 46.0 Å².